The molecule has 0 unspecified atom stereocenters. The van der Waals surface area contributed by atoms with Crippen molar-refractivity contribution in [3.8, 4) is 17.2 Å². The van der Waals surface area contributed by atoms with E-state index in [2.05, 4.69) is 0 Å². The Balaban J connectivity index is 1.74. The van der Waals surface area contributed by atoms with Gasteiger partial charge in [-0.3, -0.25) is 0 Å². The lowest BCUT2D eigenvalue weighted by atomic mass is 10.1. The standard InChI is InChI=1S/C19H20O6S/c1-14(20)3-4-15-5-7-16(8-6-15)25-26(21,22)17-9-10-18-19(13-17)24-12-2-11-23-18/h5-10,13H,2-4,11-12H2,1H3. The van der Waals surface area contributed by atoms with Gasteiger partial charge in [-0.25, -0.2) is 0 Å². The van der Waals surface area contributed by atoms with E-state index in [1.165, 1.54) is 12.1 Å². The van der Waals surface area contributed by atoms with E-state index in [-0.39, 0.29) is 16.4 Å². The SMILES string of the molecule is CC(=O)CCc1ccc(OS(=O)(=O)c2ccc3c(c2)OCCCO3)cc1. The fourth-order valence-corrected chi connectivity index (χ4v) is 3.45. The van der Waals surface area contributed by atoms with E-state index in [4.69, 9.17) is 13.7 Å². The molecule has 1 heterocycles. The first kappa shape index (κ1) is 18.3. The highest BCUT2D eigenvalue weighted by molar-refractivity contribution is 7.87. The molecule has 0 N–H and O–H groups in total. The second-order valence-corrected chi connectivity index (χ2v) is 7.59. The van der Waals surface area contributed by atoms with Gasteiger partial charge in [-0.1, -0.05) is 12.1 Å². The highest BCUT2D eigenvalue weighted by Crippen LogP contribution is 2.32. The summed E-state index contributed by atoms with van der Waals surface area (Å²) in [6, 6.07) is 11.1. The number of Topliss-reactive ketones (excluding diaryl/α,β-unsaturated/α-hetero) is 1. The Bertz CT molecular complexity index is 887. The van der Waals surface area contributed by atoms with Crippen molar-refractivity contribution in [2.45, 2.75) is 31.1 Å². The Morgan fingerprint density at radius 1 is 1.04 bits per heavy atom. The van der Waals surface area contributed by atoms with Gasteiger partial charge in [0.25, 0.3) is 0 Å². The van der Waals surface area contributed by atoms with Crippen molar-refractivity contribution in [2.75, 3.05) is 13.2 Å². The van der Waals surface area contributed by atoms with Gasteiger partial charge in [0.2, 0.25) is 0 Å². The van der Waals surface area contributed by atoms with Crippen molar-refractivity contribution >= 4 is 15.9 Å². The fraction of sp³-hybridized carbons (Fsp3) is 0.316. The zero-order valence-electron chi connectivity index (χ0n) is 14.4. The van der Waals surface area contributed by atoms with Crippen LogP contribution in [0.4, 0.5) is 0 Å². The highest BCUT2D eigenvalue weighted by Gasteiger charge is 2.20. The minimum atomic E-state index is -3.99. The lowest BCUT2D eigenvalue weighted by Gasteiger charge is -2.11. The van der Waals surface area contributed by atoms with E-state index in [0.717, 1.165) is 12.0 Å². The largest absolute Gasteiger partial charge is 0.490 e. The van der Waals surface area contributed by atoms with E-state index in [1.54, 1.807) is 37.3 Å². The van der Waals surface area contributed by atoms with E-state index in [1.807, 2.05) is 0 Å². The highest BCUT2D eigenvalue weighted by atomic mass is 32.2. The van der Waals surface area contributed by atoms with Gasteiger partial charge < -0.3 is 18.5 Å². The molecule has 1 aliphatic rings. The molecule has 138 valence electrons. The van der Waals surface area contributed by atoms with Gasteiger partial charge >= 0.3 is 10.1 Å². The molecule has 1 aliphatic heterocycles. The number of ether oxygens (including phenoxy) is 2. The van der Waals surface area contributed by atoms with E-state index in [9.17, 15) is 13.2 Å². The summed E-state index contributed by atoms with van der Waals surface area (Å²) in [7, 11) is -3.99. The van der Waals surface area contributed by atoms with Gasteiger partial charge in [0.1, 0.15) is 16.4 Å². The number of rotatable bonds is 6. The van der Waals surface area contributed by atoms with Crippen LogP contribution in [-0.2, 0) is 21.3 Å². The molecule has 0 aromatic heterocycles. The maximum atomic E-state index is 12.5. The van der Waals surface area contributed by atoms with Crippen LogP contribution >= 0.6 is 0 Å². The van der Waals surface area contributed by atoms with Gasteiger partial charge in [-0.05, 0) is 43.2 Å². The molecule has 6 nitrogen and oxygen atoms in total. The second-order valence-electron chi connectivity index (χ2n) is 6.04. The minimum absolute atomic E-state index is 0.00223. The molecule has 0 radical (unpaired) electrons. The van der Waals surface area contributed by atoms with Crippen molar-refractivity contribution in [1.82, 2.24) is 0 Å². The quantitative estimate of drug-likeness (QED) is 0.721. The molecule has 7 heteroatoms. The number of carbonyl (C=O) groups excluding carboxylic acids is 1. The molecule has 3 rings (SSSR count). The molecule has 26 heavy (non-hydrogen) atoms. The number of carbonyl (C=O) groups is 1. The molecule has 0 aliphatic carbocycles. The summed E-state index contributed by atoms with van der Waals surface area (Å²) >= 11 is 0. The molecule has 0 amide bonds. The predicted molar refractivity (Wildman–Crippen MR) is 95.3 cm³/mol. The van der Waals surface area contributed by atoms with Crippen LogP contribution in [0.1, 0.15) is 25.3 Å². The average Bonchev–Trinajstić information content (AvgIpc) is 2.85. The van der Waals surface area contributed by atoms with Crippen molar-refractivity contribution in [3.05, 3.63) is 48.0 Å². The molecule has 2 aromatic carbocycles. The Labute approximate surface area is 152 Å². The van der Waals surface area contributed by atoms with Crippen LogP contribution < -0.4 is 13.7 Å². The molecule has 0 atom stereocenters. The van der Waals surface area contributed by atoms with Crippen LogP contribution in [0.2, 0.25) is 0 Å². The van der Waals surface area contributed by atoms with Gasteiger partial charge in [-0.15, -0.1) is 0 Å². The number of benzene rings is 2. The number of ketones is 1. The van der Waals surface area contributed by atoms with Crippen molar-refractivity contribution in [3.63, 3.8) is 0 Å². The maximum absolute atomic E-state index is 12.5. The van der Waals surface area contributed by atoms with Gasteiger partial charge in [-0.2, -0.15) is 8.42 Å². The number of hydrogen-bond acceptors (Lipinski definition) is 6. The third kappa shape index (κ3) is 4.54. The average molecular weight is 376 g/mol. The number of fused-ring (bicyclic) bond motifs is 1. The van der Waals surface area contributed by atoms with E-state index in [0.29, 0.717) is 37.6 Å². The summed E-state index contributed by atoms with van der Waals surface area (Å²) in [6.07, 6.45) is 1.81. The zero-order valence-corrected chi connectivity index (χ0v) is 15.3. The molecule has 0 bridgehead atoms. The predicted octanol–water partition coefficient (Wildman–Crippen LogP) is 3.14. The molecule has 0 fully saturated rings. The van der Waals surface area contributed by atoms with Gasteiger partial charge in [0.15, 0.2) is 11.5 Å². The van der Waals surface area contributed by atoms with Crippen LogP contribution in [-0.4, -0.2) is 27.4 Å². The molecular weight excluding hydrogens is 356 g/mol. The molecule has 0 spiro atoms. The molecule has 0 saturated carbocycles. The molecular formula is C19H20O6S. The molecule has 2 aromatic rings. The topological polar surface area (TPSA) is 78.9 Å². The van der Waals surface area contributed by atoms with Crippen LogP contribution in [0.25, 0.3) is 0 Å². The summed E-state index contributed by atoms with van der Waals surface area (Å²) in [5.74, 6) is 1.24. The van der Waals surface area contributed by atoms with Crippen LogP contribution in [0.15, 0.2) is 47.4 Å². The normalized spacial score (nSPS) is 13.7. The smallest absolute Gasteiger partial charge is 0.339 e. The van der Waals surface area contributed by atoms with Crippen molar-refractivity contribution < 1.29 is 26.9 Å². The van der Waals surface area contributed by atoms with Crippen LogP contribution in [0.3, 0.4) is 0 Å². The van der Waals surface area contributed by atoms with E-state index < -0.39 is 10.1 Å². The third-order valence-electron chi connectivity index (χ3n) is 3.90. The lowest BCUT2D eigenvalue weighted by Crippen LogP contribution is -2.10. The third-order valence-corrected chi connectivity index (χ3v) is 5.15. The molecule has 0 saturated heterocycles. The second kappa shape index (κ2) is 7.78. The Morgan fingerprint density at radius 3 is 2.42 bits per heavy atom. The lowest BCUT2D eigenvalue weighted by molar-refractivity contribution is -0.116. The monoisotopic (exact) mass is 376 g/mol. The van der Waals surface area contributed by atoms with Gasteiger partial charge in [0, 0.05) is 18.9 Å². The summed E-state index contributed by atoms with van der Waals surface area (Å²) < 4.78 is 41.2. The first-order valence-electron chi connectivity index (χ1n) is 8.36. The van der Waals surface area contributed by atoms with Crippen LogP contribution in [0, 0.1) is 0 Å². The zero-order chi connectivity index (χ0) is 18.6. The van der Waals surface area contributed by atoms with Crippen molar-refractivity contribution in [2.24, 2.45) is 0 Å². The Hall–Kier alpha value is -2.54. The van der Waals surface area contributed by atoms with E-state index >= 15 is 0 Å². The first-order valence-corrected chi connectivity index (χ1v) is 9.77. The maximum Gasteiger partial charge on any atom is 0.339 e. The number of hydrogen-bond donors (Lipinski definition) is 0. The van der Waals surface area contributed by atoms with Crippen LogP contribution in [0.5, 0.6) is 17.2 Å². The van der Waals surface area contributed by atoms with Gasteiger partial charge in [0.05, 0.1) is 13.2 Å². The Morgan fingerprint density at radius 2 is 1.73 bits per heavy atom. The number of aryl methyl sites for hydroxylation is 1. The summed E-state index contributed by atoms with van der Waals surface area (Å²) in [5, 5.41) is 0. The minimum Gasteiger partial charge on any atom is -0.490 e. The first-order chi connectivity index (χ1) is 12.4. The fourth-order valence-electron chi connectivity index (χ4n) is 2.51. The summed E-state index contributed by atoms with van der Waals surface area (Å²) in [5.41, 5.74) is 0.945. The summed E-state index contributed by atoms with van der Waals surface area (Å²) in [4.78, 5) is 11.0. The summed E-state index contributed by atoms with van der Waals surface area (Å²) in [6.45, 7) is 2.55. The van der Waals surface area contributed by atoms with Crippen molar-refractivity contribution in [1.29, 1.82) is 0 Å². The Kier molecular flexibility index (Phi) is 5.46.